The highest BCUT2D eigenvalue weighted by Crippen LogP contribution is 2.46. The van der Waals surface area contributed by atoms with E-state index in [1.165, 1.54) is 5.57 Å². The molecule has 1 amide bonds. The molecule has 0 radical (unpaired) electrons. The molecule has 5 rings (SSSR count). The Morgan fingerprint density at radius 3 is 2.71 bits per heavy atom. The van der Waals surface area contributed by atoms with Gasteiger partial charge in [0.15, 0.2) is 0 Å². The zero-order valence-electron chi connectivity index (χ0n) is 23.3. The summed E-state index contributed by atoms with van der Waals surface area (Å²) in [6.45, 7) is 6.64. The molecule has 0 saturated carbocycles. The van der Waals surface area contributed by atoms with Crippen molar-refractivity contribution < 1.29 is 14.3 Å². The number of ether oxygens (including phenoxy) is 2. The number of allylic oxidation sites excluding steroid dienone is 8. The summed E-state index contributed by atoms with van der Waals surface area (Å²) in [6.07, 6.45) is 18.2. The van der Waals surface area contributed by atoms with Crippen LogP contribution < -0.4 is 15.4 Å². The Morgan fingerprint density at radius 1 is 1.17 bits per heavy atom. The monoisotopic (exact) mass is 592 g/mol. The van der Waals surface area contributed by atoms with Crippen molar-refractivity contribution in [2.75, 3.05) is 6.54 Å². The second-order valence-corrected chi connectivity index (χ2v) is 11.2. The molecule has 0 saturated heterocycles. The molecule has 0 spiro atoms. The lowest BCUT2D eigenvalue weighted by Crippen LogP contribution is -2.47. The van der Waals surface area contributed by atoms with Crippen molar-refractivity contribution in [1.82, 2.24) is 15.5 Å². The van der Waals surface area contributed by atoms with Crippen LogP contribution in [0.1, 0.15) is 33.6 Å². The Hall–Kier alpha value is -3.68. The summed E-state index contributed by atoms with van der Waals surface area (Å²) in [4.78, 5) is 19.6. The molecule has 214 valence electrons. The van der Waals surface area contributed by atoms with E-state index in [0.29, 0.717) is 35.4 Å². The first-order valence-electron chi connectivity index (χ1n) is 13.8. The number of benzene rings is 1. The van der Waals surface area contributed by atoms with Gasteiger partial charge in [-0.1, -0.05) is 48.4 Å². The minimum absolute atomic E-state index is 0.166. The number of hydrogen-bond acceptors (Lipinski definition) is 6. The second-order valence-electron chi connectivity index (χ2n) is 10.3. The molecular weight excluding hydrogens is 559 g/mol. The van der Waals surface area contributed by atoms with Crippen LogP contribution >= 0.6 is 23.2 Å². The Balaban J connectivity index is 1.37. The van der Waals surface area contributed by atoms with Crippen molar-refractivity contribution in [2.45, 2.75) is 45.7 Å². The number of halogens is 2. The Morgan fingerprint density at radius 2 is 1.98 bits per heavy atom. The molecule has 0 fully saturated rings. The summed E-state index contributed by atoms with van der Waals surface area (Å²) >= 11 is 12.6. The minimum Gasteiger partial charge on any atom is -0.438 e. The van der Waals surface area contributed by atoms with Crippen LogP contribution in [-0.2, 0) is 4.74 Å². The molecule has 9 heteroatoms. The van der Waals surface area contributed by atoms with E-state index in [1.807, 2.05) is 50.3 Å². The lowest BCUT2D eigenvalue weighted by atomic mass is 9.80. The van der Waals surface area contributed by atoms with Crippen LogP contribution in [0.25, 0.3) is 0 Å². The SMILES string of the molecule is C\C=C/C(=C\C=C\CC1C2=C(CCN1C(=O)Oc1ccc(Cl)cc1)C1C(=CC=C(Cl)C1C)N2)OC1=CNC(C)C=N1. The van der Waals surface area contributed by atoms with E-state index in [-0.39, 0.29) is 23.9 Å². The summed E-state index contributed by atoms with van der Waals surface area (Å²) < 4.78 is 11.7. The van der Waals surface area contributed by atoms with Crippen molar-refractivity contribution in [2.24, 2.45) is 16.8 Å². The number of carbonyl (C=O) groups excluding carboxylic acids is 1. The van der Waals surface area contributed by atoms with E-state index in [4.69, 9.17) is 32.7 Å². The summed E-state index contributed by atoms with van der Waals surface area (Å²) in [5, 5.41) is 8.25. The van der Waals surface area contributed by atoms with E-state index >= 15 is 0 Å². The number of nitrogens with one attached hydrogen (secondary N) is 2. The number of aliphatic imine (C=N–C) groups is 1. The summed E-state index contributed by atoms with van der Waals surface area (Å²) in [7, 11) is 0. The highest BCUT2D eigenvalue weighted by molar-refractivity contribution is 6.30. The number of rotatable bonds is 7. The Kier molecular flexibility index (Phi) is 9.06. The third-order valence-electron chi connectivity index (χ3n) is 7.48. The Labute approximate surface area is 251 Å². The molecule has 0 aromatic heterocycles. The van der Waals surface area contributed by atoms with Crippen LogP contribution in [-0.4, -0.2) is 35.8 Å². The van der Waals surface area contributed by atoms with E-state index in [2.05, 4.69) is 28.6 Å². The lowest BCUT2D eigenvalue weighted by molar-refractivity contribution is 0.134. The van der Waals surface area contributed by atoms with Gasteiger partial charge in [0.2, 0.25) is 5.88 Å². The maximum Gasteiger partial charge on any atom is 0.415 e. The van der Waals surface area contributed by atoms with Gasteiger partial charge in [-0.2, -0.15) is 0 Å². The number of carbonyl (C=O) groups is 1. The fourth-order valence-electron chi connectivity index (χ4n) is 5.43. The van der Waals surface area contributed by atoms with Gasteiger partial charge >= 0.3 is 6.09 Å². The molecule has 3 heterocycles. The van der Waals surface area contributed by atoms with Crippen LogP contribution in [0.5, 0.6) is 5.75 Å². The predicted octanol–water partition coefficient (Wildman–Crippen LogP) is 7.33. The molecule has 7 nitrogen and oxygen atoms in total. The molecule has 1 aromatic rings. The topological polar surface area (TPSA) is 75.2 Å². The number of fused-ring (bicyclic) bond motifs is 2. The normalized spacial score (nSPS) is 25.7. The highest BCUT2D eigenvalue weighted by atomic mass is 35.5. The number of nitrogens with zero attached hydrogens (tertiary/aromatic N) is 2. The van der Waals surface area contributed by atoms with E-state index in [9.17, 15) is 4.79 Å². The van der Waals surface area contributed by atoms with E-state index in [1.54, 1.807) is 41.6 Å². The minimum atomic E-state index is -0.399. The van der Waals surface area contributed by atoms with Crippen molar-refractivity contribution in [3.05, 3.63) is 112 Å². The van der Waals surface area contributed by atoms with Crippen molar-refractivity contribution in [3.8, 4) is 5.75 Å². The fourth-order valence-corrected chi connectivity index (χ4v) is 5.75. The smallest absolute Gasteiger partial charge is 0.415 e. The molecule has 1 aromatic carbocycles. The maximum atomic E-state index is 13.4. The molecule has 4 atom stereocenters. The molecule has 1 aliphatic carbocycles. The molecule has 0 bridgehead atoms. The van der Waals surface area contributed by atoms with Gasteiger partial charge < -0.3 is 20.1 Å². The van der Waals surface area contributed by atoms with Crippen LogP contribution in [0.3, 0.4) is 0 Å². The summed E-state index contributed by atoms with van der Waals surface area (Å²) in [6, 6.07) is 6.74. The van der Waals surface area contributed by atoms with Crippen molar-refractivity contribution >= 4 is 35.5 Å². The van der Waals surface area contributed by atoms with Crippen LogP contribution in [0.4, 0.5) is 4.79 Å². The molecular formula is C32H34Cl2N4O3. The summed E-state index contributed by atoms with van der Waals surface area (Å²) in [5.74, 6) is 1.97. The first kappa shape index (κ1) is 28.8. The van der Waals surface area contributed by atoms with Gasteiger partial charge in [-0.3, -0.25) is 4.90 Å². The predicted molar refractivity (Wildman–Crippen MR) is 164 cm³/mol. The maximum absolute atomic E-state index is 13.4. The van der Waals surface area contributed by atoms with E-state index in [0.717, 1.165) is 22.8 Å². The molecule has 2 N–H and O–H groups in total. The highest BCUT2D eigenvalue weighted by Gasteiger charge is 2.43. The third-order valence-corrected chi connectivity index (χ3v) is 8.20. The number of amides is 1. The standard InChI is InChI=1S/C32H34Cl2N4O3/c1-4-7-23(40-29-19-35-20(2)18-36-29)8-5-6-9-28-31-25(30-21(3)26(34)14-15-27(30)37-31)16-17-38(28)32(39)41-24-12-10-22(33)11-13-24/h4-8,10-15,18-21,28,30,35,37H,9,16-17H2,1-3H3/b6-5+,7-4-,23-8+. The number of hydrogen-bond donors (Lipinski definition) is 2. The van der Waals surface area contributed by atoms with Gasteiger partial charge in [0, 0.05) is 46.0 Å². The summed E-state index contributed by atoms with van der Waals surface area (Å²) in [5.41, 5.74) is 3.48. The lowest BCUT2D eigenvalue weighted by Gasteiger charge is -2.36. The molecule has 41 heavy (non-hydrogen) atoms. The molecule has 4 unspecified atom stereocenters. The average Bonchev–Trinajstić information content (AvgIpc) is 3.35. The first-order chi connectivity index (χ1) is 19.8. The van der Waals surface area contributed by atoms with Crippen molar-refractivity contribution in [1.29, 1.82) is 0 Å². The molecule has 3 aliphatic heterocycles. The van der Waals surface area contributed by atoms with Gasteiger partial charge in [0.05, 0.1) is 18.3 Å². The van der Waals surface area contributed by atoms with Gasteiger partial charge in [0.25, 0.3) is 0 Å². The van der Waals surface area contributed by atoms with Crippen LogP contribution in [0, 0.1) is 11.8 Å². The van der Waals surface area contributed by atoms with Crippen molar-refractivity contribution in [3.63, 3.8) is 0 Å². The van der Waals surface area contributed by atoms with Crippen LogP contribution in [0.2, 0.25) is 5.02 Å². The van der Waals surface area contributed by atoms with Gasteiger partial charge in [-0.15, -0.1) is 0 Å². The quantitative estimate of drug-likeness (QED) is 0.256. The zero-order chi connectivity index (χ0) is 28.9. The third kappa shape index (κ3) is 6.63. The van der Waals surface area contributed by atoms with E-state index < -0.39 is 6.09 Å². The van der Waals surface area contributed by atoms with Gasteiger partial charge in [0.1, 0.15) is 11.5 Å². The fraction of sp³-hybridized carbons (Fsp3) is 0.312. The zero-order valence-corrected chi connectivity index (χ0v) is 24.8. The largest absolute Gasteiger partial charge is 0.438 e. The Bertz CT molecular complexity index is 1420. The molecule has 4 aliphatic rings. The first-order valence-corrected chi connectivity index (χ1v) is 14.6. The van der Waals surface area contributed by atoms with Gasteiger partial charge in [-0.05, 0) is 80.8 Å². The second kappa shape index (κ2) is 12.9. The van der Waals surface area contributed by atoms with Gasteiger partial charge in [-0.25, -0.2) is 9.79 Å². The average molecular weight is 594 g/mol. The van der Waals surface area contributed by atoms with Crippen LogP contribution in [0.15, 0.2) is 112 Å².